The number of sulfone groups is 1. The number of hydrogen-bond acceptors (Lipinski definition) is 4. The molecular weight excluding hydrogens is 440 g/mol. The van der Waals surface area contributed by atoms with Crippen molar-refractivity contribution in [2.75, 3.05) is 31.2 Å². The molecule has 0 heterocycles. The Morgan fingerprint density at radius 2 is 1.85 bits per heavy atom. The summed E-state index contributed by atoms with van der Waals surface area (Å²) in [7, 11) is -1.70. The van der Waals surface area contributed by atoms with E-state index in [9.17, 15) is 13.2 Å². The zero-order valence-electron chi connectivity index (χ0n) is 14.5. The molecular formula is C18H20BrClN2O3S. The third-order valence-corrected chi connectivity index (χ3v) is 6.25. The molecule has 0 saturated heterocycles. The van der Waals surface area contributed by atoms with Gasteiger partial charge in [-0.25, -0.2) is 8.42 Å². The molecule has 8 heteroatoms. The Morgan fingerprint density at radius 1 is 1.19 bits per heavy atom. The molecule has 0 aliphatic rings. The van der Waals surface area contributed by atoms with Crippen molar-refractivity contribution in [2.24, 2.45) is 0 Å². The summed E-state index contributed by atoms with van der Waals surface area (Å²) in [5, 5.41) is 3.32. The summed E-state index contributed by atoms with van der Waals surface area (Å²) in [6, 6.07) is 11.7. The van der Waals surface area contributed by atoms with Crippen molar-refractivity contribution in [1.82, 2.24) is 4.90 Å². The number of nitrogens with one attached hydrogen (secondary N) is 1. The summed E-state index contributed by atoms with van der Waals surface area (Å²) in [6.45, 7) is 2.26. The van der Waals surface area contributed by atoms with Gasteiger partial charge in [-0.2, -0.15) is 0 Å². The monoisotopic (exact) mass is 458 g/mol. The molecule has 0 atom stereocenters. The smallest absolute Gasteiger partial charge is 0.238 e. The van der Waals surface area contributed by atoms with Crippen molar-refractivity contribution in [3.63, 3.8) is 0 Å². The topological polar surface area (TPSA) is 66.5 Å². The molecule has 0 aliphatic carbocycles. The van der Waals surface area contributed by atoms with E-state index >= 15 is 0 Å². The average Bonchev–Trinajstić information content (AvgIpc) is 2.56. The van der Waals surface area contributed by atoms with Crippen molar-refractivity contribution < 1.29 is 13.2 Å². The maximum atomic E-state index is 12.3. The Kier molecular flexibility index (Phi) is 7.23. The van der Waals surface area contributed by atoms with E-state index in [4.69, 9.17) is 11.6 Å². The molecule has 0 bridgehead atoms. The predicted octanol–water partition coefficient (Wildman–Crippen LogP) is 3.76. The van der Waals surface area contributed by atoms with Gasteiger partial charge in [-0.15, -0.1) is 0 Å². The van der Waals surface area contributed by atoms with E-state index in [2.05, 4.69) is 21.2 Å². The molecule has 140 valence electrons. The second kappa shape index (κ2) is 8.99. The van der Waals surface area contributed by atoms with Crippen LogP contribution in [0.3, 0.4) is 0 Å². The third kappa shape index (κ3) is 6.09. The fourth-order valence-electron chi connectivity index (χ4n) is 2.32. The molecule has 1 amide bonds. The summed E-state index contributed by atoms with van der Waals surface area (Å²) in [6.07, 6.45) is 0. The molecule has 2 rings (SSSR count). The van der Waals surface area contributed by atoms with Crippen LogP contribution < -0.4 is 5.32 Å². The number of carbonyl (C=O) groups excluding carboxylic acids is 1. The minimum absolute atomic E-state index is 0.0737. The van der Waals surface area contributed by atoms with Crippen LogP contribution in [0.25, 0.3) is 0 Å². The number of likely N-dealkylation sites (N-methyl/N-ethyl adjacent to an activating group) is 1. The van der Waals surface area contributed by atoms with Crippen molar-refractivity contribution in [1.29, 1.82) is 0 Å². The minimum atomic E-state index is -3.42. The fraction of sp³-hybridized carbons (Fsp3) is 0.278. The normalized spacial score (nSPS) is 11.6. The number of carbonyl (C=O) groups is 1. The number of anilines is 1. The molecule has 2 aromatic carbocycles. The number of halogens is 2. The SMILES string of the molecule is Cc1cc(Br)ccc1NC(=O)CN(C)CCS(=O)(=O)c1ccc(Cl)cc1. The molecule has 1 N–H and O–H groups in total. The first-order valence-electron chi connectivity index (χ1n) is 7.90. The van der Waals surface area contributed by atoms with Gasteiger partial charge in [-0.1, -0.05) is 27.5 Å². The van der Waals surface area contributed by atoms with Crippen LogP contribution in [0.1, 0.15) is 5.56 Å². The van der Waals surface area contributed by atoms with Crippen LogP contribution in [-0.4, -0.2) is 45.1 Å². The van der Waals surface area contributed by atoms with E-state index in [0.29, 0.717) is 5.02 Å². The molecule has 0 fully saturated rings. The lowest BCUT2D eigenvalue weighted by molar-refractivity contribution is -0.117. The Bertz CT molecular complexity index is 886. The van der Waals surface area contributed by atoms with E-state index in [1.54, 1.807) is 24.1 Å². The first-order chi connectivity index (χ1) is 12.2. The van der Waals surface area contributed by atoms with Gasteiger partial charge < -0.3 is 5.32 Å². The summed E-state index contributed by atoms with van der Waals surface area (Å²) in [5.74, 6) is -0.266. The lowest BCUT2D eigenvalue weighted by Crippen LogP contribution is -2.33. The van der Waals surface area contributed by atoms with E-state index in [-0.39, 0.29) is 29.6 Å². The highest BCUT2D eigenvalue weighted by Gasteiger charge is 2.16. The van der Waals surface area contributed by atoms with Gasteiger partial charge in [0.1, 0.15) is 0 Å². The molecule has 0 unspecified atom stereocenters. The third-order valence-electron chi connectivity index (χ3n) is 3.79. The quantitative estimate of drug-likeness (QED) is 0.685. The fourth-order valence-corrected chi connectivity index (χ4v) is 4.26. The van der Waals surface area contributed by atoms with Crippen LogP contribution in [-0.2, 0) is 14.6 Å². The Morgan fingerprint density at radius 3 is 2.46 bits per heavy atom. The largest absolute Gasteiger partial charge is 0.325 e. The molecule has 2 aromatic rings. The summed E-state index contributed by atoms with van der Waals surface area (Å²) >= 11 is 9.16. The molecule has 0 aliphatic heterocycles. The van der Waals surface area contributed by atoms with E-state index in [1.165, 1.54) is 12.1 Å². The van der Waals surface area contributed by atoms with E-state index in [0.717, 1.165) is 15.7 Å². The number of nitrogens with zero attached hydrogens (tertiary/aromatic N) is 1. The lowest BCUT2D eigenvalue weighted by atomic mass is 10.2. The molecule has 0 saturated carbocycles. The summed E-state index contributed by atoms with van der Waals surface area (Å²) in [5.41, 5.74) is 1.68. The molecule has 0 spiro atoms. The Balaban J connectivity index is 1.88. The zero-order chi connectivity index (χ0) is 19.3. The van der Waals surface area contributed by atoms with Crippen molar-refractivity contribution in [3.8, 4) is 0 Å². The number of aryl methyl sites for hydroxylation is 1. The Hall–Kier alpha value is -1.41. The van der Waals surface area contributed by atoms with Crippen LogP contribution in [0.4, 0.5) is 5.69 Å². The van der Waals surface area contributed by atoms with Gasteiger partial charge >= 0.3 is 0 Å². The van der Waals surface area contributed by atoms with Crippen LogP contribution in [0.15, 0.2) is 51.8 Å². The van der Waals surface area contributed by atoms with Crippen molar-refractivity contribution in [3.05, 3.63) is 57.5 Å². The number of amides is 1. The van der Waals surface area contributed by atoms with Gasteiger partial charge in [0.15, 0.2) is 9.84 Å². The molecule has 26 heavy (non-hydrogen) atoms. The van der Waals surface area contributed by atoms with Crippen molar-refractivity contribution >= 4 is 49.0 Å². The van der Waals surface area contributed by atoms with Crippen LogP contribution in [0.2, 0.25) is 5.02 Å². The van der Waals surface area contributed by atoms with Gasteiger partial charge in [-0.05, 0) is 62.0 Å². The second-order valence-electron chi connectivity index (χ2n) is 6.02. The van der Waals surface area contributed by atoms with Crippen LogP contribution in [0.5, 0.6) is 0 Å². The predicted molar refractivity (Wildman–Crippen MR) is 109 cm³/mol. The summed E-state index contributed by atoms with van der Waals surface area (Å²) in [4.78, 5) is 14.1. The highest BCUT2D eigenvalue weighted by molar-refractivity contribution is 9.10. The number of benzene rings is 2. The maximum Gasteiger partial charge on any atom is 0.238 e. The molecule has 5 nitrogen and oxygen atoms in total. The number of hydrogen-bond donors (Lipinski definition) is 1. The first kappa shape index (κ1) is 20.9. The highest BCUT2D eigenvalue weighted by atomic mass is 79.9. The molecule has 0 aromatic heterocycles. The zero-order valence-corrected chi connectivity index (χ0v) is 17.7. The van der Waals surface area contributed by atoms with E-state index in [1.807, 2.05) is 25.1 Å². The van der Waals surface area contributed by atoms with Gasteiger partial charge in [-0.3, -0.25) is 9.69 Å². The van der Waals surface area contributed by atoms with Gasteiger partial charge in [0, 0.05) is 21.7 Å². The van der Waals surface area contributed by atoms with Gasteiger partial charge in [0.25, 0.3) is 0 Å². The first-order valence-corrected chi connectivity index (χ1v) is 10.7. The van der Waals surface area contributed by atoms with Crippen LogP contribution >= 0.6 is 27.5 Å². The number of rotatable bonds is 7. The lowest BCUT2D eigenvalue weighted by Gasteiger charge is -2.17. The highest BCUT2D eigenvalue weighted by Crippen LogP contribution is 2.20. The van der Waals surface area contributed by atoms with Crippen LogP contribution in [0, 0.1) is 6.92 Å². The van der Waals surface area contributed by atoms with Crippen molar-refractivity contribution in [2.45, 2.75) is 11.8 Å². The minimum Gasteiger partial charge on any atom is -0.325 e. The van der Waals surface area contributed by atoms with Gasteiger partial charge in [0.05, 0.1) is 17.2 Å². The van der Waals surface area contributed by atoms with Gasteiger partial charge in [0.2, 0.25) is 5.91 Å². The standard InChI is InChI=1S/C18H20BrClN2O3S/c1-13-11-14(19)3-8-17(13)21-18(23)12-22(2)9-10-26(24,25)16-6-4-15(20)5-7-16/h3-8,11H,9-10,12H2,1-2H3,(H,21,23). The summed E-state index contributed by atoms with van der Waals surface area (Å²) < 4.78 is 25.6. The maximum absolute atomic E-state index is 12.3. The van der Waals surface area contributed by atoms with E-state index < -0.39 is 9.84 Å². The second-order valence-corrected chi connectivity index (χ2v) is 9.48. The molecule has 0 radical (unpaired) electrons. The Labute approximate surface area is 167 Å². The average molecular weight is 460 g/mol.